The van der Waals surface area contributed by atoms with Crippen LogP contribution in [0, 0.1) is 28.5 Å². The lowest BCUT2D eigenvalue weighted by atomic mass is 10.1. The smallest absolute Gasteiger partial charge is 0.394 e. The number of nitriles is 2. The molecule has 32 heavy (non-hydrogen) atoms. The Morgan fingerprint density at radius 2 is 1.41 bits per heavy atom. The highest BCUT2D eigenvalue weighted by atomic mass is 19.4. The number of halogens is 7. The second-order valence-electron chi connectivity index (χ2n) is 6.48. The van der Waals surface area contributed by atoms with E-state index >= 15 is 0 Å². The molecule has 0 saturated carbocycles. The first-order chi connectivity index (χ1) is 14.9. The van der Waals surface area contributed by atoms with Gasteiger partial charge in [-0.05, 0) is 42.8 Å². The number of hydrogen-bond donors (Lipinski definition) is 2. The van der Waals surface area contributed by atoms with Gasteiger partial charge < -0.3 is 10.4 Å². The average Bonchev–Trinajstić information content (AvgIpc) is 2.72. The number of aliphatic hydroxyl groups is 1. The van der Waals surface area contributed by atoms with Gasteiger partial charge in [0.05, 0.1) is 41.0 Å². The van der Waals surface area contributed by atoms with Crippen LogP contribution >= 0.6 is 0 Å². The van der Waals surface area contributed by atoms with Crippen LogP contribution in [0.4, 0.5) is 36.4 Å². The van der Waals surface area contributed by atoms with Gasteiger partial charge in [-0.1, -0.05) is 13.3 Å². The molecule has 0 aromatic heterocycles. The van der Waals surface area contributed by atoms with Crippen LogP contribution in [0.2, 0.25) is 0 Å². The van der Waals surface area contributed by atoms with Crippen molar-refractivity contribution in [1.82, 2.24) is 0 Å². The minimum absolute atomic E-state index is 0.158. The van der Waals surface area contributed by atoms with Gasteiger partial charge in [0.15, 0.2) is 0 Å². The number of benzene rings is 2. The maximum Gasteiger partial charge on any atom is 0.417 e. The molecular weight excluding hydrogens is 443 g/mol. The topological polar surface area (TPSA) is 79.8 Å². The van der Waals surface area contributed by atoms with Crippen molar-refractivity contribution in [2.45, 2.75) is 38.2 Å². The molecule has 0 aliphatic carbocycles. The fraction of sp³-hybridized carbons (Fsp3) is 0.333. The Kier molecular flexibility index (Phi) is 9.48. The monoisotopic (exact) mass is 461 g/mol. The maximum atomic E-state index is 12.8. The molecule has 0 saturated heterocycles. The Hall–Kier alpha value is -3.31. The molecule has 0 radical (unpaired) electrons. The molecule has 0 bridgehead atoms. The molecule has 0 aliphatic heterocycles. The Morgan fingerprint density at radius 1 is 0.906 bits per heavy atom. The van der Waals surface area contributed by atoms with Crippen LogP contribution in [0.15, 0.2) is 36.4 Å². The number of anilines is 1. The Balaban J connectivity index is 0.000000343. The molecule has 172 valence electrons. The fourth-order valence-electron chi connectivity index (χ4n) is 2.61. The lowest BCUT2D eigenvalue weighted by Gasteiger charge is -2.18. The van der Waals surface area contributed by atoms with Crippen LogP contribution < -0.4 is 5.32 Å². The Bertz CT molecular complexity index is 989. The minimum atomic E-state index is -4.69. The molecule has 0 heterocycles. The van der Waals surface area contributed by atoms with E-state index in [-0.39, 0.29) is 18.3 Å². The lowest BCUT2D eigenvalue weighted by Crippen LogP contribution is -2.23. The summed E-state index contributed by atoms with van der Waals surface area (Å²) in [6.45, 7) is 1.76. The van der Waals surface area contributed by atoms with Crippen LogP contribution in [0.25, 0.3) is 0 Å². The molecule has 4 nitrogen and oxygen atoms in total. The first kappa shape index (κ1) is 26.7. The van der Waals surface area contributed by atoms with Gasteiger partial charge in [-0.15, -0.1) is 0 Å². The van der Waals surface area contributed by atoms with Gasteiger partial charge in [0.2, 0.25) is 0 Å². The molecule has 0 spiro atoms. The van der Waals surface area contributed by atoms with E-state index in [9.17, 15) is 30.7 Å². The highest BCUT2D eigenvalue weighted by molar-refractivity contribution is 5.53. The van der Waals surface area contributed by atoms with Gasteiger partial charge in [-0.2, -0.15) is 36.9 Å². The molecule has 0 fully saturated rings. The third-order valence-corrected chi connectivity index (χ3v) is 4.08. The van der Waals surface area contributed by atoms with Crippen LogP contribution in [0.5, 0.6) is 0 Å². The van der Waals surface area contributed by atoms with Crippen LogP contribution in [0.1, 0.15) is 42.0 Å². The zero-order chi connectivity index (χ0) is 24.5. The number of rotatable bonds is 5. The average molecular weight is 461 g/mol. The molecule has 2 aromatic rings. The minimum Gasteiger partial charge on any atom is -0.394 e. The van der Waals surface area contributed by atoms with Crippen molar-refractivity contribution in [3.63, 3.8) is 0 Å². The van der Waals surface area contributed by atoms with Crippen molar-refractivity contribution in [3.8, 4) is 12.1 Å². The summed E-state index contributed by atoms with van der Waals surface area (Å²) in [4.78, 5) is 0. The molecule has 0 unspecified atom stereocenters. The zero-order valence-corrected chi connectivity index (χ0v) is 16.7. The van der Waals surface area contributed by atoms with Crippen molar-refractivity contribution in [2.24, 2.45) is 0 Å². The molecule has 1 atom stereocenters. The van der Waals surface area contributed by atoms with Gasteiger partial charge in [0, 0.05) is 11.7 Å². The van der Waals surface area contributed by atoms with Crippen molar-refractivity contribution < 1.29 is 35.8 Å². The summed E-state index contributed by atoms with van der Waals surface area (Å²) in [7, 11) is 0. The van der Waals surface area contributed by atoms with Crippen molar-refractivity contribution in [2.75, 3.05) is 11.9 Å². The normalized spacial score (nSPS) is 12.1. The summed E-state index contributed by atoms with van der Waals surface area (Å²) in [5, 5.41) is 28.9. The number of nitrogens with one attached hydrogen (secondary N) is 1. The summed E-state index contributed by atoms with van der Waals surface area (Å²) < 4.78 is 87.0. The van der Waals surface area contributed by atoms with Gasteiger partial charge >= 0.3 is 12.4 Å². The molecule has 2 N–H and O–H groups in total. The molecule has 11 heteroatoms. The number of nitrogens with zero attached hydrogens (tertiary/aromatic N) is 2. The molecule has 2 aromatic carbocycles. The summed E-state index contributed by atoms with van der Waals surface area (Å²) in [5.41, 5.74) is -2.94. The summed E-state index contributed by atoms with van der Waals surface area (Å²) in [6.07, 6.45) is -7.80. The van der Waals surface area contributed by atoms with Crippen LogP contribution in [-0.4, -0.2) is 17.8 Å². The molecular formula is C21H18F7N3O. The van der Waals surface area contributed by atoms with Crippen molar-refractivity contribution in [1.29, 1.82) is 10.5 Å². The number of alkyl halides is 6. The SMILES string of the molecule is CCC[C@H](CO)Nc1ccc(C#N)c(C(F)(F)F)c1.N#Cc1ccc(F)cc1C(F)(F)F. The van der Waals surface area contributed by atoms with Crippen molar-refractivity contribution >= 4 is 5.69 Å². The molecule has 0 aliphatic rings. The van der Waals surface area contributed by atoms with Crippen molar-refractivity contribution in [3.05, 3.63) is 64.5 Å². The highest BCUT2D eigenvalue weighted by Crippen LogP contribution is 2.34. The predicted octanol–water partition coefficient (Wildman–Crippen LogP) is 5.87. The van der Waals surface area contributed by atoms with Gasteiger partial charge in [0.25, 0.3) is 0 Å². The fourth-order valence-corrected chi connectivity index (χ4v) is 2.61. The maximum absolute atomic E-state index is 12.8. The first-order valence-corrected chi connectivity index (χ1v) is 9.12. The summed E-state index contributed by atoms with van der Waals surface area (Å²) >= 11 is 0. The van der Waals surface area contributed by atoms with Gasteiger partial charge in [0.1, 0.15) is 5.82 Å². The van der Waals surface area contributed by atoms with E-state index in [2.05, 4.69) is 5.32 Å². The zero-order valence-electron chi connectivity index (χ0n) is 16.7. The van der Waals surface area contributed by atoms with E-state index in [0.717, 1.165) is 30.7 Å². The predicted molar refractivity (Wildman–Crippen MR) is 102 cm³/mol. The highest BCUT2D eigenvalue weighted by Gasteiger charge is 2.34. The van der Waals surface area contributed by atoms with E-state index in [0.29, 0.717) is 12.5 Å². The van der Waals surface area contributed by atoms with Crippen LogP contribution in [-0.2, 0) is 12.4 Å². The van der Waals surface area contributed by atoms with E-state index in [1.165, 1.54) is 18.2 Å². The standard InChI is InChI=1S/C13H15F3N2O.C8H3F4N/c1-2-3-11(8-19)18-10-5-4-9(7-17)12(6-10)13(14,15)16;9-6-2-1-5(4-13)7(3-6)8(10,11)12/h4-6,11,18-19H,2-3,8H2,1H3;1-3H/t11-;/m1./s1. The lowest BCUT2D eigenvalue weighted by molar-refractivity contribution is -0.138. The van der Waals surface area contributed by atoms with E-state index in [4.69, 9.17) is 15.6 Å². The van der Waals surface area contributed by atoms with Crippen LogP contribution in [0.3, 0.4) is 0 Å². The second-order valence-corrected chi connectivity index (χ2v) is 6.48. The summed E-state index contributed by atoms with van der Waals surface area (Å²) in [5.74, 6) is -1.01. The molecule has 2 rings (SSSR count). The number of aliphatic hydroxyl groups excluding tert-OH is 1. The second kappa shape index (κ2) is 11.3. The quantitative estimate of drug-likeness (QED) is 0.546. The van der Waals surface area contributed by atoms with Gasteiger partial charge in [-0.3, -0.25) is 0 Å². The van der Waals surface area contributed by atoms with E-state index < -0.39 is 40.4 Å². The number of hydrogen-bond acceptors (Lipinski definition) is 4. The third kappa shape index (κ3) is 7.75. The first-order valence-electron chi connectivity index (χ1n) is 9.12. The van der Waals surface area contributed by atoms with Gasteiger partial charge in [-0.25, -0.2) is 4.39 Å². The summed E-state index contributed by atoms with van der Waals surface area (Å²) in [6, 6.07) is 7.93. The Morgan fingerprint density at radius 3 is 1.84 bits per heavy atom. The van der Waals surface area contributed by atoms with E-state index in [1.54, 1.807) is 0 Å². The van der Waals surface area contributed by atoms with E-state index in [1.807, 2.05) is 6.92 Å². The Labute approximate surface area is 179 Å². The third-order valence-electron chi connectivity index (χ3n) is 4.08. The largest absolute Gasteiger partial charge is 0.417 e. The molecule has 0 amide bonds.